The molecule has 0 bridgehead atoms. The summed E-state index contributed by atoms with van der Waals surface area (Å²) in [4.78, 5) is 15.6. The second-order valence-electron chi connectivity index (χ2n) is 5.79. The van der Waals surface area contributed by atoms with E-state index in [9.17, 15) is 0 Å². The Balaban J connectivity index is 1.86. The zero-order valence-electron chi connectivity index (χ0n) is 11.3. The average Bonchev–Trinajstić information content (AvgIpc) is 2.75. The van der Waals surface area contributed by atoms with Crippen LogP contribution in [0.15, 0.2) is 6.33 Å². The molecule has 2 aromatic rings. The van der Waals surface area contributed by atoms with E-state index in [-0.39, 0.29) is 5.95 Å². The summed E-state index contributed by atoms with van der Waals surface area (Å²) in [5.41, 5.74) is 7.18. The van der Waals surface area contributed by atoms with Crippen molar-refractivity contribution in [2.24, 2.45) is 11.8 Å². The summed E-state index contributed by atoms with van der Waals surface area (Å²) >= 11 is 0. The van der Waals surface area contributed by atoms with Gasteiger partial charge in [0, 0.05) is 6.04 Å². The van der Waals surface area contributed by atoms with Crippen molar-refractivity contribution < 1.29 is 0 Å². The normalized spacial score (nSPS) is 27.6. The first-order chi connectivity index (χ1) is 9.11. The number of H-pyrrole nitrogens is 1. The first kappa shape index (κ1) is 12.2. The summed E-state index contributed by atoms with van der Waals surface area (Å²) < 4.78 is 0. The number of nitrogens with two attached hydrogens (primary N) is 1. The molecule has 1 saturated carbocycles. The second-order valence-corrected chi connectivity index (χ2v) is 5.79. The average molecular weight is 260 g/mol. The summed E-state index contributed by atoms with van der Waals surface area (Å²) in [5, 5.41) is 3.51. The van der Waals surface area contributed by atoms with Gasteiger partial charge < -0.3 is 16.0 Å². The van der Waals surface area contributed by atoms with Crippen LogP contribution in [0.25, 0.3) is 11.2 Å². The van der Waals surface area contributed by atoms with Crippen LogP contribution in [-0.4, -0.2) is 26.0 Å². The molecule has 2 atom stereocenters. The third-order valence-corrected chi connectivity index (χ3v) is 3.82. The van der Waals surface area contributed by atoms with Crippen LogP contribution in [0.3, 0.4) is 0 Å². The molecule has 102 valence electrons. The predicted molar refractivity (Wildman–Crippen MR) is 75.7 cm³/mol. The Morgan fingerprint density at radius 3 is 2.68 bits per heavy atom. The lowest BCUT2D eigenvalue weighted by Crippen LogP contribution is -2.30. The highest BCUT2D eigenvalue weighted by molar-refractivity contribution is 5.83. The van der Waals surface area contributed by atoms with Crippen LogP contribution in [-0.2, 0) is 0 Å². The standard InChI is InChI=1S/C13H20N6/c1-7-3-8(2)5-9(4-7)17-12-10-11(16-6-15-10)18-13(14)19-12/h6-9H,3-5H2,1-2H3,(H4,14,15,16,17,18,19). The summed E-state index contributed by atoms with van der Waals surface area (Å²) in [6.45, 7) is 4.62. The van der Waals surface area contributed by atoms with Crippen molar-refractivity contribution in [3.63, 3.8) is 0 Å². The van der Waals surface area contributed by atoms with Gasteiger partial charge in [0.25, 0.3) is 0 Å². The molecule has 0 aliphatic heterocycles. The molecule has 0 spiro atoms. The van der Waals surface area contributed by atoms with Gasteiger partial charge in [0.2, 0.25) is 5.95 Å². The fourth-order valence-electron chi connectivity index (χ4n) is 3.21. The van der Waals surface area contributed by atoms with Gasteiger partial charge >= 0.3 is 0 Å². The Morgan fingerprint density at radius 2 is 1.95 bits per heavy atom. The molecule has 2 aromatic heterocycles. The highest BCUT2D eigenvalue weighted by atomic mass is 15.1. The van der Waals surface area contributed by atoms with Gasteiger partial charge in [0.15, 0.2) is 11.5 Å². The van der Waals surface area contributed by atoms with Gasteiger partial charge in [-0.15, -0.1) is 0 Å². The molecule has 2 unspecified atom stereocenters. The third kappa shape index (κ3) is 2.47. The molecule has 0 aromatic carbocycles. The van der Waals surface area contributed by atoms with Gasteiger partial charge in [-0.2, -0.15) is 9.97 Å². The lowest BCUT2D eigenvalue weighted by Gasteiger charge is -2.32. The fraction of sp³-hybridized carbons (Fsp3) is 0.615. The van der Waals surface area contributed by atoms with Crippen molar-refractivity contribution in [2.45, 2.75) is 39.2 Å². The zero-order chi connectivity index (χ0) is 13.4. The van der Waals surface area contributed by atoms with Gasteiger partial charge in [0.05, 0.1) is 6.33 Å². The number of imidazole rings is 1. The Bertz CT molecular complexity index is 568. The van der Waals surface area contributed by atoms with Crippen molar-refractivity contribution >= 4 is 22.9 Å². The van der Waals surface area contributed by atoms with E-state index >= 15 is 0 Å². The Morgan fingerprint density at radius 1 is 1.21 bits per heavy atom. The van der Waals surface area contributed by atoms with Crippen LogP contribution in [0.5, 0.6) is 0 Å². The number of aromatic amines is 1. The number of hydrogen-bond donors (Lipinski definition) is 3. The molecule has 1 fully saturated rings. The minimum atomic E-state index is 0.263. The van der Waals surface area contributed by atoms with Crippen LogP contribution in [0, 0.1) is 11.8 Å². The maximum atomic E-state index is 5.73. The van der Waals surface area contributed by atoms with Crippen LogP contribution in [0.4, 0.5) is 11.8 Å². The molecule has 4 N–H and O–H groups in total. The molecular weight excluding hydrogens is 240 g/mol. The van der Waals surface area contributed by atoms with Crippen molar-refractivity contribution in [1.29, 1.82) is 0 Å². The molecule has 19 heavy (non-hydrogen) atoms. The van der Waals surface area contributed by atoms with Gasteiger partial charge in [-0.05, 0) is 31.1 Å². The van der Waals surface area contributed by atoms with E-state index in [0.717, 1.165) is 23.2 Å². The van der Waals surface area contributed by atoms with E-state index in [0.29, 0.717) is 11.7 Å². The highest BCUT2D eigenvalue weighted by Gasteiger charge is 2.24. The number of anilines is 2. The smallest absolute Gasteiger partial charge is 0.224 e. The number of nitrogens with one attached hydrogen (secondary N) is 2. The van der Waals surface area contributed by atoms with E-state index in [1.165, 1.54) is 19.3 Å². The van der Waals surface area contributed by atoms with Crippen LogP contribution >= 0.6 is 0 Å². The quantitative estimate of drug-likeness (QED) is 0.769. The molecular formula is C13H20N6. The molecule has 6 nitrogen and oxygen atoms in total. The minimum absolute atomic E-state index is 0.263. The first-order valence-corrected chi connectivity index (χ1v) is 6.85. The number of nitrogen functional groups attached to an aromatic ring is 1. The summed E-state index contributed by atoms with van der Waals surface area (Å²) in [5.74, 6) is 2.53. The van der Waals surface area contributed by atoms with Crippen LogP contribution in [0.2, 0.25) is 0 Å². The topological polar surface area (TPSA) is 92.5 Å². The van der Waals surface area contributed by atoms with Gasteiger partial charge in [0.1, 0.15) is 5.52 Å². The summed E-state index contributed by atoms with van der Waals surface area (Å²) in [7, 11) is 0. The van der Waals surface area contributed by atoms with Crippen molar-refractivity contribution in [2.75, 3.05) is 11.1 Å². The molecule has 2 heterocycles. The Labute approximate surface area is 112 Å². The summed E-state index contributed by atoms with van der Waals surface area (Å²) in [6, 6.07) is 0.444. The van der Waals surface area contributed by atoms with E-state index in [4.69, 9.17) is 5.73 Å². The molecule has 6 heteroatoms. The Kier molecular flexibility index (Phi) is 3.00. The van der Waals surface area contributed by atoms with Crippen molar-refractivity contribution in [3.05, 3.63) is 6.33 Å². The van der Waals surface area contributed by atoms with E-state index in [2.05, 4.69) is 39.1 Å². The lowest BCUT2D eigenvalue weighted by atomic mass is 9.80. The fourth-order valence-corrected chi connectivity index (χ4v) is 3.21. The van der Waals surface area contributed by atoms with E-state index in [1.54, 1.807) is 6.33 Å². The molecule has 3 rings (SSSR count). The number of aromatic nitrogens is 4. The maximum absolute atomic E-state index is 5.73. The number of fused-ring (bicyclic) bond motifs is 1. The van der Waals surface area contributed by atoms with Gasteiger partial charge in [-0.1, -0.05) is 13.8 Å². The number of nitrogens with zero attached hydrogens (tertiary/aromatic N) is 3. The monoisotopic (exact) mass is 260 g/mol. The second kappa shape index (κ2) is 4.68. The van der Waals surface area contributed by atoms with Crippen molar-refractivity contribution in [3.8, 4) is 0 Å². The van der Waals surface area contributed by atoms with Crippen LogP contribution in [0.1, 0.15) is 33.1 Å². The highest BCUT2D eigenvalue weighted by Crippen LogP contribution is 2.31. The molecule has 0 radical (unpaired) electrons. The molecule has 1 aliphatic rings. The first-order valence-electron chi connectivity index (χ1n) is 6.85. The van der Waals surface area contributed by atoms with Gasteiger partial charge in [-0.3, -0.25) is 0 Å². The minimum Gasteiger partial charge on any atom is -0.368 e. The van der Waals surface area contributed by atoms with E-state index < -0.39 is 0 Å². The number of rotatable bonds is 2. The predicted octanol–water partition coefficient (Wildman–Crippen LogP) is 2.17. The third-order valence-electron chi connectivity index (χ3n) is 3.82. The SMILES string of the molecule is CC1CC(C)CC(Nc2nc(N)nc3nc[nH]c23)C1. The summed E-state index contributed by atoms with van der Waals surface area (Å²) in [6.07, 6.45) is 5.27. The molecule has 0 saturated heterocycles. The van der Waals surface area contributed by atoms with Crippen LogP contribution < -0.4 is 11.1 Å². The van der Waals surface area contributed by atoms with Gasteiger partial charge in [-0.25, -0.2) is 4.98 Å². The Hall–Kier alpha value is -1.85. The largest absolute Gasteiger partial charge is 0.368 e. The maximum Gasteiger partial charge on any atom is 0.224 e. The van der Waals surface area contributed by atoms with Crippen molar-refractivity contribution in [1.82, 2.24) is 19.9 Å². The molecule has 0 amide bonds. The van der Waals surface area contributed by atoms with E-state index in [1.807, 2.05) is 0 Å². The zero-order valence-corrected chi connectivity index (χ0v) is 11.3. The molecule has 1 aliphatic carbocycles. The lowest BCUT2D eigenvalue weighted by molar-refractivity contribution is 0.280. The number of hydrogen-bond acceptors (Lipinski definition) is 5.